The summed E-state index contributed by atoms with van der Waals surface area (Å²) in [4.78, 5) is 0. The van der Waals surface area contributed by atoms with E-state index in [9.17, 15) is 26.3 Å². The van der Waals surface area contributed by atoms with Crippen molar-refractivity contribution in [3.05, 3.63) is 129 Å². The monoisotopic (exact) mass is 962 g/mol. The van der Waals surface area contributed by atoms with Gasteiger partial charge >= 0.3 is 314 Å². The Morgan fingerprint density at radius 3 is 1.15 bits per heavy atom. The Hall–Kier alpha value is -2.61. The van der Waals surface area contributed by atoms with Gasteiger partial charge in [0.2, 0.25) is 0 Å². The maximum absolute atomic E-state index is 13.5. The molecule has 55 heavy (non-hydrogen) atoms. The fourth-order valence-corrected chi connectivity index (χ4v) is 39.0. The van der Waals surface area contributed by atoms with Gasteiger partial charge in [-0.15, -0.1) is 24.8 Å². The maximum atomic E-state index is 13.5. The van der Waals surface area contributed by atoms with Crippen molar-refractivity contribution in [2.75, 3.05) is 0 Å². The molecule has 0 nitrogen and oxygen atoms in total. The van der Waals surface area contributed by atoms with Crippen LogP contribution in [-0.2, 0) is 32.3 Å². The molecule has 2 atom stereocenters. The third kappa shape index (κ3) is 7.37. The van der Waals surface area contributed by atoms with E-state index in [1.807, 2.05) is 0 Å². The van der Waals surface area contributed by atoms with Crippen molar-refractivity contribution < 1.29 is 46.3 Å². The van der Waals surface area contributed by atoms with Gasteiger partial charge in [-0.25, -0.2) is 0 Å². The summed E-state index contributed by atoms with van der Waals surface area (Å²) >= 11 is -3.39. The summed E-state index contributed by atoms with van der Waals surface area (Å²) in [6.45, 7) is 0. The Morgan fingerprint density at radius 2 is 0.818 bits per heavy atom. The summed E-state index contributed by atoms with van der Waals surface area (Å²) in [6.07, 6.45) is 8.47. The van der Waals surface area contributed by atoms with Crippen LogP contribution in [0.5, 0.6) is 0 Å². The third-order valence-electron chi connectivity index (χ3n) is 13.4. The molecule has 2 unspecified atom stereocenters. The molecule has 0 aromatic heterocycles. The van der Waals surface area contributed by atoms with Gasteiger partial charge < -0.3 is 0 Å². The van der Waals surface area contributed by atoms with E-state index in [1.165, 1.54) is 119 Å². The minimum atomic E-state index is -4.38. The molecular weight excluding hydrogens is 916 g/mol. The van der Waals surface area contributed by atoms with Gasteiger partial charge in [0.25, 0.3) is 0 Å². The molecular formula is C46H46Cl2F6Hf. The van der Waals surface area contributed by atoms with E-state index in [-0.39, 0.29) is 24.8 Å². The molecule has 2 saturated carbocycles. The molecule has 4 aromatic carbocycles. The predicted octanol–water partition coefficient (Wildman–Crippen LogP) is 15.6. The molecule has 9 heteroatoms. The van der Waals surface area contributed by atoms with E-state index in [0.717, 1.165) is 22.3 Å². The van der Waals surface area contributed by atoms with Crippen LogP contribution in [0.2, 0.25) is 8.35 Å². The quantitative estimate of drug-likeness (QED) is 0.133. The van der Waals surface area contributed by atoms with Crippen molar-refractivity contribution in [1.82, 2.24) is 0 Å². The summed E-state index contributed by atoms with van der Waals surface area (Å²) in [6, 6.07) is 24.5. The van der Waals surface area contributed by atoms with Gasteiger partial charge in [-0.05, 0) is 0 Å². The Labute approximate surface area is 337 Å². The van der Waals surface area contributed by atoms with Gasteiger partial charge in [-0.3, -0.25) is 0 Å². The standard InChI is InChI=1S/2C22H20F3.C2H4.2ClH.Hf/c2*23-22(24,25)19-11-9-16(10-12-19)20-8-4-7-17-13-18(14-21(17)20)15-5-2-1-3-6-15;1-2;;;/h2*4,7-15H,1-3,5-6H2;1-2H2;2*1H;. The molecule has 0 amide bonds. The molecule has 4 aliphatic carbocycles. The fourth-order valence-electron chi connectivity index (χ4n) is 10.8. The zero-order valence-electron chi connectivity index (χ0n) is 30.6. The molecule has 0 spiro atoms. The second-order valence-electron chi connectivity index (χ2n) is 16.3. The van der Waals surface area contributed by atoms with Gasteiger partial charge in [-0.2, -0.15) is 0 Å². The van der Waals surface area contributed by atoms with Gasteiger partial charge in [0.15, 0.2) is 0 Å². The van der Waals surface area contributed by atoms with Crippen molar-refractivity contribution in [3.8, 4) is 22.3 Å². The van der Waals surface area contributed by atoms with Crippen LogP contribution in [0.25, 0.3) is 34.4 Å². The molecule has 0 bridgehead atoms. The van der Waals surface area contributed by atoms with Crippen LogP contribution in [0.4, 0.5) is 26.3 Å². The topological polar surface area (TPSA) is 0 Å². The number of alkyl halides is 6. The number of allylic oxidation sites excluding steroid dienone is 2. The first kappa shape index (κ1) is 40.6. The minimum absolute atomic E-state index is 0. The molecule has 9 rings (SSSR count). The van der Waals surface area contributed by atoms with E-state index in [0.29, 0.717) is 19.2 Å². The van der Waals surface area contributed by atoms with Crippen molar-refractivity contribution in [3.63, 3.8) is 0 Å². The summed E-state index contributed by atoms with van der Waals surface area (Å²) in [7, 11) is 0. The first-order valence-electron chi connectivity index (χ1n) is 19.6. The molecule has 0 N–H and O–H groups in total. The average molecular weight is 962 g/mol. The summed E-state index contributed by atoms with van der Waals surface area (Å²) in [5, 5.41) is 0. The van der Waals surface area contributed by atoms with Crippen molar-refractivity contribution >= 4 is 37.0 Å². The van der Waals surface area contributed by atoms with Crippen LogP contribution in [-0.4, -0.2) is 0 Å². The van der Waals surface area contributed by atoms with Gasteiger partial charge in [0.1, 0.15) is 0 Å². The van der Waals surface area contributed by atoms with E-state index < -0.39 is 43.4 Å². The molecule has 0 radical (unpaired) electrons. The molecule has 3 fully saturated rings. The molecule has 1 aliphatic heterocycles. The van der Waals surface area contributed by atoms with Crippen molar-refractivity contribution in [2.24, 2.45) is 11.8 Å². The summed E-state index contributed by atoms with van der Waals surface area (Å²) < 4.78 is 84.7. The summed E-state index contributed by atoms with van der Waals surface area (Å²) in [5.74, 6) is 1.06. The van der Waals surface area contributed by atoms with E-state index >= 15 is 0 Å². The number of rotatable bonds is 6. The van der Waals surface area contributed by atoms with Crippen LogP contribution >= 0.6 is 24.8 Å². The van der Waals surface area contributed by atoms with Crippen LogP contribution < -0.4 is 0 Å². The van der Waals surface area contributed by atoms with Gasteiger partial charge in [-0.1, -0.05) is 0 Å². The Balaban J connectivity index is 0.00000233. The van der Waals surface area contributed by atoms with Crippen LogP contribution in [0.3, 0.4) is 0 Å². The van der Waals surface area contributed by atoms with E-state index in [2.05, 4.69) is 48.6 Å². The molecule has 1 saturated heterocycles. The number of benzene rings is 4. The zero-order valence-corrected chi connectivity index (χ0v) is 35.8. The molecule has 290 valence electrons. The predicted molar refractivity (Wildman–Crippen MR) is 212 cm³/mol. The van der Waals surface area contributed by atoms with Crippen LogP contribution in [0.15, 0.2) is 96.1 Å². The second-order valence-corrected chi connectivity index (χ2v) is 32.9. The first-order chi connectivity index (χ1) is 25.5. The van der Waals surface area contributed by atoms with Gasteiger partial charge in [0.05, 0.1) is 0 Å². The van der Waals surface area contributed by atoms with E-state index in [1.54, 1.807) is 35.4 Å². The molecule has 1 heterocycles. The van der Waals surface area contributed by atoms with Crippen LogP contribution in [0.1, 0.15) is 105 Å². The van der Waals surface area contributed by atoms with E-state index in [4.69, 9.17) is 0 Å². The second kappa shape index (κ2) is 15.6. The Bertz CT molecular complexity index is 1930. The molecule has 4 aromatic rings. The SMILES string of the molecule is Cl.Cl.FC(F)(F)c1ccc(-c2cccc3c2C=C(C2CCCCC2)[CH]3[Hf]2([CH]3C(C4CCCCC4)=Cc4c(-c5ccc(C(F)(F)F)cc5)cccc43)[CH2][CH2]2)cc1. The van der Waals surface area contributed by atoms with Gasteiger partial charge in [0, 0.05) is 0 Å². The van der Waals surface area contributed by atoms with Crippen LogP contribution in [0, 0.1) is 11.8 Å². The number of hydrogen-bond acceptors (Lipinski definition) is 0. The Kier molecular flexibility index (Phi) is 11.5. The third-order valence-corrected chi connectivity index (χ3v) is 32.2. The number of halogens is 8. The number of fused-ring (bicyclic) bond motifs is 2. The number of hydrogen-bond donors (Lipinski definition) is 0. The summed E-state index contributed by atoms with van der Waals surface area (Å²) in [5.41, 5.74) is 10.9. The zero-order chi connectivity index (χ0) is 36.5. The average Bonchev–Trinajstić information content (AvgIpc) is 3.69. The normalized spacial score (nSPS) is 22.1. The Morgan fingerprint density at radius 1 is 0.455 bits per heavy atom. The fraction of sp³-hybridized carbons (Fsp3) is 0.391. The first-order valence-corrected chi connectivity index (χ1v) is 28.8. The molecule has 5 aliphatic rings. The van der Waals surface area contributed by atoms with Crippen molar-refractivity contribution in [2.45, 2.75) is 92.3 Å². The van der Waals surface area contributed by atoms with Crippen molar-refractivity contribution in [1.29, 1.82) is 0 Å².